The van der Waals surface area contributed by atoms with Gasteiger partial charge in [-0.1, -0.05) is 30.0 Å². The molecule has 3 heteroatoms. The van der Waals surface area contributed by atoms with E-state index < -0.39 is 0 Å². The minimum Gasteiger partial charge on any atom is -0.489 e. The van der Waals surface area contributed by atoms with Crippen molar-refractivity contribution in [1.29, 1.82) is 5.26 Å². The summed E-state index contributed by atoms with van der Waals surface area (Å²) in [6.07, 6.45) is 0.474. The molecule has 0 aromatic heterocycles. The number of rotatable bonds is 4. The highest BCUT2D eigenvalue weighted by atomic mass is 16.5. The normalized spacial score (nSPS) is 9.33. The van der Waals surface area contributed by atoms with Crippen LogP contribution in [0.1, 0.15) is 23.1 Å². The number of hydrogen-bond donors (Lipinski definition) is 1. The van der Waals surface area contributed by atoms with E-state index in [-0.39, 0.29) is 6.61 Å². The molecule has 0 heterocycles. The van der Waals surface area contributed by atoms with Crippen molar-refractivity contribution >= 4 is 0 Å². The summed E-state index contributed by atoms with van der Waals surface area (Å²) in [6.45, 7) is 0.495. The lowest BCUT2D eigenvalue weighted by Crippen LogP contribution is -1.96. The quantitative estimate of drug-likeness (QED) is 0.874. The fraction of sp³-hybridized carbons (Fsp3) is 0.167. The summed E-state index contributed by atoms with van der Waals surface area (Å²) in [4.78, 5) is 0. The number of ether oxygens (including phenoxy) is 1. The van der Waals surface area contributed by atoms with Crippen molar-refractivity contribution in [2.75, 3.05) is 6.61 Å². The van der Waals surface area contributed by atoms with Crippen LogP contribution in [0.15, 0.2) is 48.5 Å². The van der Waals surface area contributed by atoms with Crippen LogP contribution < -0.4 is 4.74 Å². The first kappa shape index (κ1) is 14.7. The third-order valence-corrected chi connectivity index (χ3v) is 2.77. The molecule has 0 aliphatic heterocycles. The molecule has 0 spiro atoms. The predicted molar refractivity (Wildman–Crippen MR) is 80.5 cm³/mol. The second-order valence-corrected chi connectivity index (χ2v) is 4.40. The van der Waals surface area contributed by atoms with E-state index in [1.165, 1.54) is 0 Å². The highest BCUT2D eigenvalue weighted by Crippen LogP contribution is 2.15. The zero-order valence-corrected chi connectivity index (χ0v) is 11.5. The van der Waals surface area contributed by atoms with Gasteiger partial charge in [0, 0.05) is 12.0 Å². The van der Waals surface area contributed by atoms with Gasteiger partial charge in [-0.3, -0.25) is 0 Å². The van der Waals surface area contributed by atoms with Crippen LogP contribution in [0.4, 0.5) is 0 Å². The lowest BCUT2D eigenvalue weighted by Gasteiger charge is -2.06. The van der Waals surface area contributed by atoms with Gasteiger partial charge < -0.3 is 9.84 Å². The first-order valence-electron chi connectivity index (χ1n) is 6.63. The van der Waals surface area contributed by atoms with Gasteiger partial charge in [-0.25, -0.2) is 0 Å². The van der Waals surface area contributed by atoms with Gasteiger partial charge in [-0.15, -0.1) is 0 Å². The number of aliphatic hydroxyl groups excluding tert-OH is 1. The van der Waals surface area contributed by atoms with Crippen LogP contribution in [0.25, 0.3) is 0 Å². The fourth-order valence-electron chi connectivity index (χ4n) is 1.78. The fourth-order valence-corrected chi connectivity index (χ4v) is 1.78. The highest BCUT2D eigenvalue weighted by Gasteiger charge is 1.98. The second-order valence-electron chi connectivity index (χ2n) is 4.40. The van der Waals surface area contributed by atoms with E-state index >= 15 is 0 Å². The average Bonchev–Trinajstić information content (AvgIpc) is 2.54. The van der Waals surface area contributed by atoms with Gasteiger partial charge >= 0.3 is 0 Å². The topological polar surface area (TPSA) is 53.2 Å². The second kappa shape index (κ2) is 7.75. The summed E-state index contributed by atoms with van der Waals surface area (Å²) >= 11 is 0. The Balaban J connectivity index is 2.02. The van der Waals surface area contributed by atoms with Crippen molar-refractivity contribution in [3.05, 3.63) is 65.2 Å². The Morgan fingerprint density at radius 3 is 2.67 bits per heavy atom. The zero-order chi connectivity index (χ0) is 14.9. The molecule has 0 aliphatic rings. The van der Waals surface area contributed by atoms with E-state index in [1.807, 2.05) is 30.3 Å². The first-order chi connectivity index (χ1) is 10.3. The van der Waals surface area contributed by atoms with E-state index in [0.717, 1.165) is 11.1 Å². The zero-order valence-electron chi connectivity index (χ0n) is 11.5. The highest BCUT2D eigenvalue weighted by molar-refractivity contribution is 5.38. The molecule has 2 aromatic rings. The monoisotopic (exact) mass is 277 g/mol. The molecule has 2 aromatic carbocycles. The van der Waals surface area contributed by atoms with Gasteiger partial charge in [0.05, 0.1) is 18.2 Å². The van der Waals surface area contributed by atoms with Gasteiger partial charge in [0.25, 0.3) is 0 Å². The number of nitrogens with zero attached hydrogens (tertiary/aromatic N) is 1. The van der Waals surface area contributed by atoms with Crippen LogP contribution in [0.2, 0.25) is 0 Å². The number of nitriles is 1. The van der Waals surface area contributed by atoms with Crippen LogP contribution in [0.5, 0.6) is 5.75 Å². The molecule has 0 amide bonds. The predicted octanol–water partition coefficient (Wildman–Crippen LogP) is 2.87. The van der Waals surface area contributed by atoms with Gasteiger partial charge in [0.1, 0.15) is 12.4 Å². The molecule has 0 atom stereocenters. The lowest BCUT2D eigenvalue weighted by molar-refractivity contribution is 0.305. The third kappa shape index (κ3) is 4.69. The molecular formula is C18H15NO2. The number of aliphatic hydroxyl groups is 1. The summed E-state index contributed by atoms with van der Waals surface area (Å²) in [5, 5.41) is 17.6. The van der Waals surface area contributed by atoms with E-state index in [4.69, 9.17) is 15.1 Å². The Kier molecular flexibility index (Phi) is 5.41. The molecule has 0 radical (unpaired) electrons. The minimum absolute atomic E-state index is 0.0744. The Morgan fingerprint density at radius 1 is 1.05 bits per heavy atom. The third-order valence-electron chi connectivity index (χ3n) is 2.77. The molecule has 2 rings (SSSR count). The Bertz CT molecular complexity index is 705. The van der Waals surface area contributed by atoms with E-state index in [1.54, 1.807) is 18.2 Å². The Hall–Kier alpha value is -2.75. The van der Waals surface area contributed by atoms with Crippen LogP contribution in [-0.2, 0) is 6.61 Å². The Labute approximate surface area is 124 Å². The number of hydrogen-bond acceptors (Lipinski definition) is 3. The van der Waals surface area contributed by atoms with Crippen LogP contribution in [-0.4, -0.2) is 11.7 Å². The summed E-state index contributed by atoms with van der Waals surface area (Å²) in [6, 6.07) is 16.9. The molecule has 0 fully saturated rings. The lowest BCUT2D eigenvalue weighted by atomic mass is 10.1. The molecule has 1 N–H and O–H groups in total. The largest absolute Gasteiger partial charge is 0.489 e. The molecule has 0 bridgehead atoms. The molecule has 3 nitrogen and oxygen atoms in total. The van der Waals surface area contributed by atoms with Crippen molar-refractivity contribution in [3.63, 3.8) is 0 Å². The van der Waals surface area contributed by atoms with Crippen LogP contribution >= 0.6 is 0 Å². The van der Waals surface area contributed by atoms with Crippen molar-refractivity contribution in [2.45, 2.75) is 13.0 Å². The van der Waals surface area contributed by atoms with Crippen molar-refractivity contribution in [3.8, 4) is 23.7 Å². The molecule has 0 unspecified atom stereocenters. The van der Waals surface area contributed by atoms with Gasteiger partial charge in [0.15, 0.2) is 0 Å². The molecular weight excluding hydrogens is 262 g/mol. The van der Waals surface area contributed by atoms with Gasteiger partial charge in [-0.05, 0) is 35.9 Å². The average molecular weight is 277 g/mol. The van der Waals surface area contributed by atoms with Gasteiger partial charge in [0.2, 0.25) is 0 Å². The van der Waals surface area contributed by atoms with E-state index in [2.05, 4.69) is 17.9 Å². The van der Waals surface area contributed by atoms with Crippen LogP contribution in [0, 0.1) is 23.2 Å². The Morgan fingerprint density at radius 2 is 1.86 bits per heavy atom. The molecule has 0 saturated carbocycles. The van der Waals surface area contributed by atoms with Crippen LogP contribution in [0.3, 0.4) is 0 Å². The van der Waals surface area contributed by atoms with Crippen molar-refractivity contribution in [2.24, 2.45) is 0 Å². The summed E-state index contributed by atoms with van der Waals surface area (Å²) < 4.78 is 5.68. The minimum atomic E-state index is 0.0744. The summed E-state index contributed by atoms with van der Waals surface area (Å²) in [5.74, 6) is 6.56. The van der Waals surface area contributed by atoms with E-state index in [9.17, 15) is 0 Å². The maximum absolute atomic E-state index is 8.85. The molecule has 0 saturated heterocycles. The molecule has 0 aliphatic carbocycles. The number of benzene rings is 2. The SMILES string of the molecule is N#Cc1cccc(OCc2cccc(C#CCCO)c2)c1. The van der Waals surface area contributed by atoms with E-state index in [0.29, 0.717) is 24.3 Å². The summed E-state index contributed by atoms with van der Waals surface area (Å²) in [5.41, 5.74) is 2.49. The smallest absolute Gasteiger partial charge is 0.121 e. The maximum Gasteiger partial charge on any atom is 0.121 e. The maximum atomic E-state index is 8.85. The standard InChI is InChI=1S/C18H15NO2/c19-13-16-7-4-9-18(12-16)21-14-17-8-3-6-15(11-17)5-1-2-10-20/h3-4,6-9,11-12,20H,2,10,14H2. The van der Waals surface area contributed by atoms with Gasteiger partial charge in [-0.2, -0.15) is 5.26 Å². The van der Waals surface area contributed by atoms with Crippen molar-refractivity contribution in [1.82, 2.24) is 0 Å². The molecule has 104 valence electrons. The van der Waals surface area contributed by atoms with Crippen molar-refractivity contribution < 1.29 is 9.84 Å². The first-order valence-corrected chi connectivity index (χ1v) is 6.63. The molecule has 21 heavy (non-hydrogen) atoms. The summed E-state index contributed by atoms with van der Waals surface area (Å²) in [7, 11) is 0.